The van der Waals surface area contributed by atoms with E-state index < -0.39 is 5.91 Å². The maximum Gasteiger partial charge on any atom is 0.251 e. The first-order chi connectivity index (χ1) is 5.66. The summed E-state index contributed by atoms with van der Waals surface area (Å²) in [4.78, 5) is 10.8. The number of nitrogens with zero attached hydrogens (tertiary/aromatic N) is 1. The molecule has 0 unspecified atom stereocenters. The summed E-state index contributed by atoms with van der Waals surface area (Å²) < 4.78 is 0.550. The van der Waals surface area contributed by atoms with Crippen LogP contribution in [0.2, 0.25) is 0 Å². The van der Waals surface area contributed by atoms with Crippen LogP contribution in [0.5, 0.6) is 0 Å². The molecule has 0 saturated carbocycles. The maximum atomic E-state index is 10.8. The van der Waals surface area contributed by atoms with Gasteiger partial charge in [0.2, 0.25) is 0 Å². The Balaban J connectivity index is 3.42. The number of hydrogen-bond donors (Lipinski definition) is 1. The van der Waals surface area contributed by atoms with E-state index in [0.29, 0.717) is 4.47 Å². The van der Waals surface area contributed by atoms with Gasteiger partial charge in [0.25, 0.3) is 5.91 Å². The summed E-state index contributed by atoms with van der Waals surface area (Å²) in [6.45, 7) is 0. The molecule has 1 aromatic carbocycles. The van der Waals surface area contributed by atoms with E-state index in [1.807, 2.05) is 6.07 Å². The Hall–Kier alpha value is -1.34. The summed E-state index contributed by atoms with van der Waals surface area (Å²) in [6.07, 6.45) is 0. The summed E-state index contributed by atoms with van der Waals surface area (Å²) in [7, 11) is 0. The van der Waals surface area contributed by atoms with Gasteiger partial charge in [-0.1, -0.05) is 6.07 Å². The number of benzene rings is 1. The van der Waals surface area contributed by atoms with E-state index in [1.54, 1.807) is 18.2 Å². The largest absolute Gasteiger partial charge is 0.366 e. The predicted octanol–water partition coefficient (Wildman–Crippen LogP) is 1.42. The smallest absolute Gasteiger partial charge is 0.251 e. The molecule has 0 atom stereocenters. The molecule has 4 heteroatoms. The molecule has 0 fully saturated rings. The van der Waals surface area contributed by atoms with Crippen molar-refractivity contribution in [1.29, 1.82) is 5.26 Å². The van der Waals surface area contributed by atoms with Gasteiger partial charge in [0.1, 0.15) is 0 Å². The molecule has 0 radical (unpaired) electrons. The first-order valence-corrected chi connectivity index (χ1v) is 3.94. The molecule has 0 aliphatic rings. The normalized spacial score (nSPS) is 9.00. The molecule has 0 aromatic heterocycles. The van der Waals surface area contributed by atoms with Gasteiger partial charge < -0.3 is 5.73 Å². The fourth-order valence-electron chi connectivity index (χ4n) is 0.868. The van der Waals surface area contributed by atoms with Crippen LogP contribution < -0.4 is 5.73 Å². The van der Waals surface area contributed by atoms with Gasteiger partial charge in [-0.05, 0) is 28.1 Å². The Kier molecular flexibility index (Phi) is 2.46. The van der Waals surface area contributed by atoms with Crippen LogP contribution in [0.4, 0.5) is 0 Å². The van der Waals surface area contributed by atoms with Crippen LogP contribution in [0.1, 0.15) is 15.9 Å². The van der Waals surface area contributed by atoms with Gasteiger partial charge in [0, 0.05) is 4.47 Å². The Bertz CT molecular complexity index is 368. The highest BCUT2D eigenvalue weighted by Gasteiger charge is 2.10. The zero-order valence-electron chi connectivity index (χ0n) is 6.04. The Labute approximate surface area is 77.9 Å². The lowest BCUT2D eigenvalue weighted by Gasteiger charge is -2.00. The minimum Gasteiger partial charge on any atom is -0.366 e. The van der Waals surface area contributed by atoms with Crippen molar-refractivity contribution in [2.24, 2.45) is 5.73 Å². The van der Waals surface area contributed by atoms with Gasteiger partial charge in [-0.2, -0.15) is 5.26 Å². The molecule has 2 N–H and O–H groups in total. The molecule has 0 saturated heterocycles. The Morgan fingerprint density at radius 2 is 2.25 bits per heavy atom. The molecular formula is C8H5BrN2O. The quantitative estimate of drug-likeness (QED) is 0.785. The number of halogens is 1. The van der Waals surface area contributed by atoms with E-state index in [-0.39, 0.29) is 11.1 Å². The second-order valence-electron chi connectivity index (χ2n) is 2.14. The van der Waals surface area contributed by atoms with Crippen LogP contribution in [0, 0.1) is 11.3 Å². The number of amides is 1. The van der Waals surface area contributed by atoms with Crippen LogP contribution in [0.25, 0.3) is 0 Å². The average molecular weight is 225 g/mol. The SMILES string of the molecule is N#Cc1cccc(Br)c1C(N)=O. The molecule has 0 heterocycles. The van der Waals surface area contributed by atoms with Crippen molar-refractivity contribution in [2.45, 2.75) is 0 Å². The number of rotatable bonds is 1. The standard InChI is InChI=1S/C8H5BrN2O/c9-6-3-1-2-5(4-10)7(6)8(11)12/h1-3H,(H2,11,12). The van der Waals surface area contributed by atoms with Crippen LogP contribution in [-0.2, 0) is 0 Å². The Morgan fingerprint density at radius 1 is 1.58 bits per heavy atom. The molecule has 0 spiro atoms. The van der Waals surface area contributed by atoms with Crippen LogP contribution in [0.15, 0.2) is 22.7 Å². The highest BCUT2D eigenvalue weighted by atomic mass is 79.9. The van der Waals surface area contributed by atoms with Crippen LogP contribution >= 0.6 is 15.9 Å². The van der Waals surface area contributed by atoms with Crippen molar-refractivity contribution in [2.75, 3.05) is 0 Å². The summed E-state index contributed by atoms with van der Waals surface area (Å²) in [6, 6.07) is 6.78. The third-order valence-electron chi connectivity index (χ3n) is 1.38. The third-order valence-corrected chi connectivity index (χ3v) is 2.04. The van der Waals surface area contributed by atoms with Crippen molar-refractivity contribution < 1.29 is 4.79 Å². The minimum absolute atomic E-state index is 0.236. The van der Waals surface area contributed by atoms with Crippen molar-refractivity contribution >= 4 is 21.8 Å². The van der Waals surface area contributed by atoms with Crippen LogP contribution in [-0.4, -0.2) is 5.91 Å². The van der Waals surface area contributed by atoms with Crippen molar-refractivity contribution in [3.63, 3.8) is 0 Å². The molecule has 0 bridgehead atoms. The molecule has 3 nitrogen and oxygen atoms in total. The first kappa shape index (κ1) is 8.75. The number of nitrogens with two attached hydrogens (primary N) is 1. The molecule has 12 heavy (non-hydrogen) atoms. The van der Waals surface area contributed by atoms with Crippen molar-refractivity contribution in [1.82, 2.24) is 0 Å². The molecule has 60 valence electrons. The van der Waals surface area contributed by atoms with E-state index in [0.717, 1.165) is 0 Å². The van der Waals surface area contributed by atoms with Gasteiger partial charge in [-0.15, -0.1) is 0 Å². The minimum atomic E-state index is -0.598. The zero-order valence-corrected chi connectivity index (χ0v) is 7.63. The van der Waals surface area contributed by atoms with Crippen molar-refractivity contribution in [3.05, 3.63) is 33.8 Å². The summed E-state index contributed by atoms with van der Waals surface area (Å²) >= 11 is 3.14. The first-order valence-electron chi connectivity index (χ1n) is 3.15. The average Bonchev–Trinajstić information content (AvgIpc) is 2.03. The van der Waals surface area contributed by atoms with E-state index in [1.165, 1.54) is 0 Å². The molecule has 0 aliphatic carbocycles. The molecule has 1 amide bonds. The van der Waals surface area contributed by atoms with E-state index in [2.05, 4.69) is 15.9 Å². The summed E-state index contributed by atoms with van der Waals surface area (Å²) in [5.41, 5.74) is 5.60. The highest BCUT2D eigenvalue weighted by Crippen LogP contribution is 2.19. The molecule has 1 aromatic rings. The fraction of sp³-hybridized carbons (Fsp3) is 0. The number of primary amides is 1. The fourth-order valence-corrected chi connectivity index (χ4v) is 1.43. The number of nitriles is 1. The molecule has 1 rings (SSSR count). The zero-order chi connectivity index (χ0) is 9.14. The number of carbonyl (C=O) groups is 1. The van der Waals surface area contributed by atoms with E-state index >= 15 is 0 Å². The lowest BCUT2D eigenvalue weighted by molar-refractivity contribution is 0.0999. The third kappa shape index (κ3) is 1.46. The second kappa shape index (κ2) is 3.37. The van der Waals surface area contributed by atoms with E-state index in [9.17, 15) is 4.79 Å². The van der Waals surface area contributed by atoms with Gasteiger partial charge in [-0.25, -0.2) is 0 Å². The monoisotopic (exact) mass is 224 g/mol. The molecular weight excluding hydrogens is 220 g/mol. The van der Waals surface area contributed by atoms with Crippen LogP contribution in [0.3, 0.4) is 0 Å². The predicted molar refractivity (Wildman–Crippen MR) is 47.4 cm³/mol. The van der Waals surface area contributed by atoms with Gasteiger partial charge in [-0.3, -0.25) is 4.79 Å². The van der Waals surface area contributed by atoms with Gasteiger partial charge in [0.05, 0.1) is 17.2 Å². The van der Waals surface area contributed by atoms with Gasteiger partial charge >= 0.3 is 0 Å². The van der Waals surface area contributed by atoms with E-state index in [4.69, 9.17) is 11.0 Å². The lowest BCUT2D eigenvalue weighted by atomic mass is 10.1. The van der Waals surface area contributed by atoms with Gasteiger partial charge in [0.15, 0.2) is 0 Å². The second-order valence-corrected chi connectivity index (χ2v) is 2.99. The lowest BCUT2D eigenvalue weighted by Crippen LogP contribution is -2.13. The number of hydrogen-bond acceptors (Lipinski definition) is 2. The van der Waals surface area contributed by atoms with Crippen molar-refractivity contribution in [3.8, 4) is 6.07 Å². The Morgan fingerprint density at radius 3 is 2.67 bits per heavy atom. The summed E-state index contributed by atoms with van der Waals surface area (Å²) in [5, 5.41) is 8.61. The molecule has 0 aliphatic heterocycles. The topological polar surface area (TPSA) is 66.9 Å². The highest BCUT2D eigenvalue weighted by molar-refractivity contribution is 9.10. The number of carbonyl (C=O) groups excluding carboxylic acids is 1. The maximum absolute atomic E-state index is 10.8. The summed E-state index contributed by atoms with van der Waals surface area (Å²) in [5.74, 6) is -0.598.